The molecule has 5 rings (SSSR count). The smallest absolute Gasteiger partial charge is 0.213 e. The molecule has 0 amide bonds. The van der Waals surface area contributed by atoms with E-state index in [1.165, 1.54) is 16.7 Å². The summed E-state index contributed by atoms with van der Waals surface area (Å²) in [5.41, 5.74) is 3.59. The van der Waals surface area contributed by atoms with Crippen molar-refractivity contribution in [2.24, 2.45) is 4.99 Å². The predicted octanol–water partition coefficient (Wildman–Crippen LogP) is 3.81. The van der Waals surface area contributed by atoms with Crippen LogP contribution in [0.1, 0.15) is 31.4 Å². The maximum Gasteiger partial charge on any atom is 0.213 e. The summed E-state index contributed by atoms with van der Waals surface area (Å²) in [6, 6.07) is 21.4. The Morgan fingerprint density at radius 1 is 0.969 bits per heavy atom. The van der Waals surface area contributed by atoms with Crippen molar-refractivity contribution >= 4 is 5.96 Å². The van der Waals surface area contributed by atoms with Crippen LogP contribution in [0.25, 0.3) is 0 Å². The fourth-order valence-electron chi connectivity index (χ4n) is 5.06. The molecule has 3 aliphatic heterocycles. The van der Waals surface area contributed by atoms with Gasteiger partial charge in [0, 0.05) is 25.8 Å². The van der Waals surface area contributed by atoms with Gasteiger partial charge in [-0.05, 0) is 37.0 Å². The van der Waals surface area contributed by atoms with Crippen molar-refractivity contribution in [1.29, 1.82) is 5.26 Å². The molecule has 0 radical (unpaired) electrons. The largest absolute Gasteiger partial charge is 0.373 e. The van der Waals surface area contributed by atoms with Crippen LogP contribution in [-0.2, 0) is 13.1 Å². The van der Waals surface area contributed by atoms with E-state index in [-0.39, 0.29) is 11.6 Å². The number of benzene rings is 2. The topological polar surface area (TPSA) is 49.1 Å². The number of fused-ring (bicyclic) bond motifs is 3. The van der Waals surface area contributed by atoms with Crippen molar-refractivity contribution in [3.8, 4) is 6.19 Å². The van der Waals surface area contributed by atoms with Crippen LogP contribution in [-0.4, -0.2) is 57.0 Å². The quantitative estimate of drug-likeness (QED) is 0.696. The molecule has 0 bridgehead atoms. The van der Waals surface area contributed by atoms with Gasteiger partial charge in [0.15, 0.2) is 6.19 Å². The molecule has 0 aromatic heterocycles. The Labute approximate surface area is 190 Å². The third-order valence-corrected chi connectivity index (χ3v) is 6.62. The summed E-state index contributed by atoms with van der Waals surface area (Å²) >= 11 is 0. The molecule has 3 heterocycles. The van der Waals surface area contributed by atoms with Gasteiger partial charge in [-0.1, -0.05) is 60.7 Å². The van der Waals surface area contributed by atoms with Crippen molar-refractivity contribution in [1.82, 2.24) is 19.6 Å². The van der Waals surface area contributed by atoms with Crippen LogP contribution in [0.4, 0.5) is 0 Å². The number of rotatable bonds is 4. The summed E-state index contributed by atoms with van der Waals surface area (Å²) in [7, 11) is 0. The highest BCUT2D eigenvalue weighted by Crippen LogP contribution is 2.38. The van der Waals surface area contributed by atoms with Gasteiger partial charge in [0.1, 0.15) is 0 Å². The Bertz CT molecular complexity index is 1050. The fraction of sp³-hybridized carbons (Fsp3) is 0.385. The lowest BCUT2D eigenvalue weighted by Crippen LogP contribution is -2.65. The number of guanidine groups is 1. The molecule has 1 fully saturated rings. The fourth-order valence-corrected chi connectivity index (χ4v) is 5.06. The molecule has 0 spiro atoms. The first-order valence-electron chi connectivity index (χ1n) is 11.3. The molecule has 3 aliphatic rings. The molecule has 32 heavy (non-hydrogen) atoms. The summed E-state index contributed by atoms with van der Waals surface area (Å²) in [6.45, 7) is 8.42. The normalized spacial score (nSPS) is 22.4. The van der Waals surface area contributed by atoms with Gasteiger partial charge in [0.25, 0.3) is 0 Å². The zero-order valence-corrected chi connectivity index (χ0v) is 18.9. The van der Waals surface area contributed by atoms with Crippen molar-refractivity contribution < 1.29 is 0 Å². The van der Waals surface area contributed by atoms with Crippen LogP contribution < -0.4 is 0 Å². The second-order valence-corrected chi connectivity index (χ2v) is 9.41. The van der Waals surface area contributed by atoms with Gasteiger partial charge in [-0.3, -0.25) is 4.90 Å². The van der Waals surface area contributed by atoms with E-state index in [9.17, 15) is 5.26 Å². The standard InChI is InChI=1S/C26H30N6/c1-26(2)23-17-29(15-21-9-5-3-6-10-21)14-13-24(23)32-20-30(16-22-11-7-4-8-12-22)19-31(18-27)25(32)28-26/h3-12,17,24H,13-16,19-20H2,1-2H3. The molecule has 2 aromatic carbocycles. The van der Waals surface area contributed by atoms with E-state index in [1.54, 1.807) is 4.90 Å². The minimum Gasteiger partial charge on any atom is -0.373 e. The van der Waals surface area contributed by atoms with Crippen molar-refractivity contribution in [3.05, 3.63) is 83.6 Å². The molecular formula is C26H30N6. The molecule has 0 saturated carbocycles. The Hall–Kier alpha value is -3.30. The van der Waals surface area contributed by atoms with E-state index in [0.29, 0.717) is 6.67 Å². The molecule has 164 valence electrons. The van der Waals surface area contributed by atoms with Crippen LogP contribution in [0, 0.1) is 11.5 Å². The first kappa shape index (κ1) is 20.6. The van der Waals surface area contributed by atoms with Crippen molar-refractivity contribution in [2.75, 3.05) is 19.9 Å². The third-order valence-electron chi connectivity index (χ3n) is 6.62. The van der Waals surface area contributed by atoms with E-state index >= 15 is 0 Å². The van der Waals surface area contributed by atoms with Gasteiger partial charge < -0.3 is 9.80 Å². The molecule has 0 aliphatic carbocycles. The van der Waals surface area contributed by atoms with E-state index in [2.05, 4.69) is 95.5 Å². The zero-order valence-electron chi connectivity index (χ0n) is 18.9. The molecule has 2 aromatic rings. The second-order valence-electron chi connectivity index (χ2n) is 9.41. The van der Waals surface area contributed by atoms with Crippen molar-refractivity contribution in [3.63, 3.8) is 0 Å². The Morgan fingerprint density at radius 2 is 1.62 bits per heavy atom. The minimum absolute atomic E-state index is 0.263. The third kappa shape index (κ3) is 3.96. The highest BCUT2D eigenvalue weighted by atomic mass is 15.5. The van der Waals surface area contributed by atoms with Crippen LogP contribution in [0.3, 0.4) is 0 Å². The molecule has 1 atom stereocenters. The lowest BCUT2D eigenvalue weighted by Gasteiger charge is -2.53. The summed E-state index contributed by atoms with van der Waals surface area (Å²) < 4.78 is 0. The lowest BCUT2D eigenvalue weighted by atomic mass is 9.83. The van der Waals surface area contributed by atoms with Gasteiger partial charge in [0.2, 0.25) is 5.96 Å². The molecular weight excluding hydrogens is 396 g/mol. The number of aliphatic imine (C=N–C) groups is 1. The number of hydrogen-bond donors (Lipinski definition) is 0. The van der Waals surface area contributed by atoms with E-state index in [4.69, 9.17) is 4.99 Å². The zero-order chi connectivity index (χ0) is 22.1. The van der Waals surface area contributed by atoms with Gasteiger partial charge in [0.05, 0.1) is 24.9 Å². The summed E-state index contributed by atoms with van der Waals surface area (Å²) in [4.78, 5) is 13.9. The predicted molar refractivity (Wildman–Crippen MR) is 126 cm³/mol. The summed E-state index contributed by atoms with van der Waals surface area (Å²) in [5, 5.41) is 9.91. The van der Waals surface area contributed by atoms with Crippen LogP contribution >= 0.6 is 0 Å². The average Bonchev–Trinajstić information content (AvgIpc) is 2.80. The Kier molecular flexibility index (Phi) is 5.36. The second kappa shape index (κ2) is 8.33. The van der Waals surface area contributed by atoms with Gasteiger partial charge >= 0.3 is 0 Å². The Balaban J connectivity index is 1.42. The van der Waals surface area contributed by atoms with Crippen LogP contribution in [0.5, 0.6) is 0 Å². The highest BCUT2D eigenvalue weighted by molar-refractivity contribution is 5.85. The molecule has 1 unspecified atom stereocenters. The van der Waals surface area contributed by atoms with Gasteiger partial charge in [-0.15, -0.1) is 0 Å². The number of nitrogens with zero attached hydrogens (tertiary/aromatic N) is 6. The van der Waals surface area contributed by atoms with E-state index < -0.39 is 0 Å². The summed E-state index contributed by atoms with van der Waals surface area (Å²) in [6.07, 6.45) is 5.74. The highest BCUT2D eigenvalue weighted by Gasteiger charge is 2.45. The molecule has 6 heteroatoms. The SMILES string of the molecule is CC1(C)N=C2N(C#N)CN(Cc3ccccc3)CN2C2CCN(Cc3ccccc3)C=C21. The molecule has 6 nitrogen and oxygen atoms in total. The maximum absolute atomic E-state index is 9.91. The Morgan fingerprint density at radius 3 is 2.28 bits per heavy atom. The molecule has 1 saturated heterocycles. The van der Waals surface area contributed by atoms with Crippen LogP contribution in [0.2, 0.25) is 0 Å². The van der Waals surface area contributed by atoms with Crippen LogP contribution in [0.15, 0.2) is 77.4 Å². The van der Waals surface area contributed by atoms with E-state index in [0.717, 1.165) is 38.7 Å². The van der Waals surface area contributed by atoms with Gasteiger partial charge in [-0.2, -0.15) is 5.26 Å². The first-order chi connectivity index (χ1) is 15.5. The molecule has 0 N–H and O–H groups in total. The minimum atomic E-state index is -0.331. The lowest BCUT2D eigenvalue weighted by molar-refractivity contribution is 0.0607. The first-order valence-corrected chi connectivity index (χ1v) is 11.3. The number of hydrogen-bond acceptors (Lipinski definition) is 6. The average molecular weight is 427 g/mol. The monoisotopic (exact) mass is 426 g/mol. The van der Waals surface area contributed by atoms with Gasteiger partial charge in [-0.25, -0.2) is 9.89 Å². The maximum atomic E-state index is 9.91. The van der Waals surface area contributed by atoms with E-state index in [1.807, 2.05) is 6.07 Å². The number of nitriles is 1. The summed E-state index contributed by atoms with van der Waals surface area (Å²) in [5.74, 6) is 0.820. The van der Waals surface area contributed by atoms with Crippen molar-refractivity contribution in [2.45, 2.75) is 44.9 Å².